The lowest BCUT2D eigenvalue weighted by Crippen LogP contribution is -2.26. The lowest BCUT2D eigenvalue weighted by Gasteiger charge is -2.33. The van der Waals surface area contributed by atoms with E-state index in [9.17, 15) is 9.59 Å². The van der Waals surface area contributed by atoms with Crippen LogP contribution in [0.25, 0.3) is 0 Å². The Labute approximate surface area is 215 Å². The Balaban J connectivity index is 1.60. The zero-order valence-corrected chi connectivity index (χ0v) is 23.5. The molecule has 7 heteroatoms. The van der Waals surface area contributed by atoms with Gasteiger partial charge in [-0.3, -0.25) is 4.79 Å². The van der Waals surface area contributed by atoms with Crippen LogP contribution in [0, 0.1) is 11.3 Å². The molecule has 1 aliphatic rings. The predicted octanol–water partition coefficient (Wildman–Crippen LogP) is 7.37. The van der Waals surface area contributed by atoms with Crippen molar-refractivity contribution >= 4 is 44.1 Å². The molecule has 1 aliphatic carbocycles. The molecular weight excluding hydrogens is 514 g/mol. The van der Waals surface area contributed by atoms with Gasteiger partial charge in [-0.05, 0) is 82.1 Å². The Kier molecular flexibility index (Phi) is 8.85. The van der Waals surface area contributed by atoms with Gasteiger partial charge in [0.05, 0.1) is 23.8 Å². The van der Waals surface area contributed by atoms with Crippen LogP contribution in [0.5, 0.6) is 5.75 Å². The van der Waals surface area contributed by atoms with Gasteiger partial charge in [-0.1, -0.05) is 40.7 Å². The molecule has 34 heavy (non-hydrogen) atoms. The van der Waals surface area contributed by atoms with Crippen molar-refractivity contribution < 1.29 is 19.1 Å². The van der Waals surface area contributed by atoms with Gasteiger partial charge >= 0.3 is 5.97 Å². The number of carbonyl (C=O) groups is 2. The van der Waals surface area contributed by atoms with Gasteiger partial charge in [0.25, 0.3) is 0 Å². The van der Waals surface area contributed by atoms with Crippen molar-refractivity contribution in [1.82, 2.24) is 0 Å². The smallest absolute Gasteiger partial charge is 0.341 e. The molecule has 0 fully saturated rings. The van der Waals surface area contributed by atoms with Gasteiger partial charge in [0, 0.05) is 11.3 Å². The molecule has 3 rings (SSSR count). The standard InChI is InChI=1S/C27H36BrNO4S/c1-16(2)17-9-12-21(20(28)14-17)33-13-7-8-23(30)29-25-24(26(31)32-6)19-11-10-18(27(3,4)5)15-22(19)34-25/h9,12,14,16,18H,7-8,10-11,13,15H2,1-6H3,(H,29,30). The van der Waals surface area contributed by atoms with Crippen molar-refractivity contribution in [2.24, 2.45) is 11.3 Å². The zero-order valence-electron chi connectivity index (χ0n) is 21.0. The van der Waals surface area contributed by atoms with Crippen molar-refractivity contribution in [2.45, 2.75) is 72.6 Å². The second-order valence-electron chi connectivity index (χ2n) is 10.3. The molecule has 0 saturated carbocycles. The lowest BCUT2D eigenvalue weighted by molar-refractivity contribution is -0.116. The van der Waals surface area contributed by atoms with E-state index < -0.39 is 0 Å². The summed E-state index contributed by atoms with van der Waals surface area (Å²) in [6.07, 6.45) is 3.70. The topological polar surface area (TPSA) is 64.6 Å². The van der Waals surface area contributed by atoms with E-state index in [1.165, 1.54) is 28.9 Å². The van der Waals surface area contributed by atoms with Crippen molar-refractivity contribution in [1.29, 1.82) is 0 Å². The fraction of sp³-hybridized carbons (Fsp3) is 0.556. The second-order valence-corrected chi connectivity index (χ2v) is 12.3. The molecule has 1 aromatic heterocycles. The summed E-state index contributed by atoms with van der Waals surface area (Å²) < 4.78 is 11.8. The summed E-state index contributed by atoms with van der Waals surface area (Å²) in [5.41, 5.74) is 3.03. The predicted molar refractivity (Wildman–Crippen MR) is 142 cm³/mol. The van der Waals surface area contributed by atoms with E-state index in [0.29, 0.717) is 41.8 Å². The van der Waals surface area contributed by atoms with E-state index >= 15 is 0 Å². The van der Waals surface area contributed by atoms with Gasteiger partial charge in [0.1, 0.15) is 10.8 Å². The molecule has 1 heterocycles. The van der Waals surface area contributed by atoms with Crippen molar-refractivity contribution in [3.63, 3.8) is 0 Å². The molecule has 2 aromatic rings. The molecule has 1 amide bonds. The Hall–Kier alpha value is -1.86. The number of amides is 1. The molecule has 0 bridgehead atoms. The number of hydrogen-bond acceptors (Lipinski definition) is 5. The number of ether oxygens (including phenoxy) is 2. The first-order chi connectivity index (χ1) is 16.0. The van der Waals surface area contributed by atoms with E-state index in [2.05, 4.69) is 68.0 Å². The maximum Gasteiger partial charge on any atom is 0.341 e. The van der Waals surface area contributed by atoms with Gasteiger partial charge in [-0.2, -0.15) is 0 Å². The number of rotatable bonds is 8. The number of fused-ring (bicyclic) bond motifs is 1. The van der Waals surface area contributed by atoms with Crippen LogP contribution in [-0.4, -0.2) is 25.6 Å². The van der Waals surface area contributed by atoms with Crippen LogP contribution in [0.15, 0.2) is 22.7 Å². The van der Waals surface area contributed by atoms with Gasteiger partial charge in [-0.25, -0.2) is 4.79 Å². The van der Waals surface area contributed by atoms with Gasteiger partial charge < -0.3 is 14.8 Å². The largest absolute Gasteiger partial charge is 0.492 e. The first-order valence-corrected chi connectivity index (χ1v) is 13.6. The molecule has 1 atom stereocenters. The monoisotopic (exact) mass is 549 g/mol. The quantitative estimate of drug-likeness (QED) is 0.275. The van der Waals surface area contributed by atoms with E-state index in [-0.39, 0.29) is 17.3 Å². The molecule has 0 radical (unpaired) electrons. The number of esters is 1. The number of thiophene rings is 1. The van der Waals surface area contributed by atoms with Crippen LogP contribution in [0.3, 0.4) is 0 Å². The van der Waals surface area contributed by atoms with Crippen molar-refractivity contribution in [3.8, 4) is 5.75 Å². The number of hydrogen-bond donors (Lipinski definition) is 1. The van der Waals surface area contributed by atoms with Crippen LogP contribution in [0.4, 0.5) is 5.00 Å². The van der Waals surface area contributed by atoms with Crippen LogP contribution >= 0.6 is 27.3 Å². The highest BCUT2D eigenvalue weighted by Gasteiger charge is 2.34. The summed E-state index contributed by atoms with van der Waals surface area (Å²) in [5.74, 6) is 1.29. The van der Waals surface area contributed by atoms with E-state index in [1.807, 2.05) is 6.07 Å². The van der Waals surface area contributed by atoms with E-state index in [4.69, 9.17) is 9.47 Å². The second kappa shape index (κ2) is 11.3. The average Bonchev–Trinajstić information content (AvgIpc) is 3.13. The van der Waals surface area contributed by atoms with Crippen LogP contribution in [-0.2, 0) is 22.4 Å². The molecule has 0 saturated heterocycles. The fourth-order valence-corrected chi connectivity index (χ4v) is 6.17. The minimum absolute atomic E-state index is 0.117. The van der Waals surface area contributed by atoms with Crippen LogP contribution in [0.1, 0.15) is 86.2 Å². The van der Waals surface area contributed by atoms with Crippen LogP contribution in [0.2, 0.25) is 0 Å². The van der Waals surface area contributed by atoms with E-state index in [1.54, 1.807) is 0 Å². The zero-order chi connectivity index (χ0) is 25.0. The third kappa shape index (κ3) is 6.42. The van der Waals surface area contributed by atoms with E-state index in [0.717, 1.165) is 35.0 Å². The third-order valence-electron chi connectivity index (χ3n) is 6.56. The lowest BCUT2D eigenvalue weighted by atomic mass is 9.72. The Morgan fingerprint density at radius 2 is 2.00 bits per heavy atom. The van der Waals surface area contributed by atoms with Crippen molar-refractivity contribution in [3.05, 3.63) is 44.2 Å². The molecule has 0 aliphatic heterocycles. The molecule has 0 spiro atoms. The van der Waals surface area contributed by atoms with Gasteiger partial charge in [0.2, 0.25) is 5.91 Å². The summed E-state index contributed by atoms with van der Waals surface area (Å²) in [6.45, 7) is 11.5. The first kappa shape index (κ1) is 26.7. The number of benzene rings is 1. The summed E-state index contributed by atoms with van der Waals surface area (Å²) in [4.78, 5) is 26.4. The normalized spacial score (nSPS) is 15.7. The maximum atomic E-state index is 12.7. The van der Waals surface area contributed by atoms with Crippen LogP contribution < -0.4 is 10.1 Å². The number of methoxy groups -OCH3 is 1. The number of carbonyl (C=O) groups excluding carboxylic acids is 2. The van der Waals surface area contributed by atoms with Gasteiger partial charge in [0.15, 0.2) is 0 Å². The average molecular weight is 551 g/mol. The highest BCUT2D eigenvalue weighted by molar-refractivity contribution is 9.10. The molecule has 1 N–H and O–H groups in total. The molecular formula is C27H36BrNO4S. The summed E-state index contributed by atoms with van der Waals surface area (Å²) >= 11 is 5.09. The molecule has 5 nitrogen and oxygen atoms in total. The number of halogens is 1. The summed E-state index contributed by atoms with van der Waals surface area (Å²) in [7, 11) is 1.39. The molecule has 186 valence electrons. The SMILES string of the molecule is COC(=O)c1c(NC(=O)CCCOc2ccc(C(C)C)cc2Br)sc2c1CCC(C(C)(C)C)C2. The number of anilines is 1. The third-order valence-corrected chi connectivity index (χ3v) is 8.35. The Morgan fingerprint density at radius 3 is 2.62 bits per heavy atom. The Bertz CT molecular complexity index is 1040. The Morgan fingerprint density at radius 1 is 1.26 bits per heavy atom. The van der Waals surface area contributed by atoms with Crippen molar-refractivity contribution in [2.75, 3.05) is 19.0 Å². The fourth-order valence-electron chi connectivity index (χ4n) is 4.33. The number of nitrogens with one attached hydrogen (secondary N) is 1. The molecule has 1 unspecified atom stereocenters. The first-order valence-electron chi connectivity index (χ1n) is 12.0. The summed E-state index contributed by atoms with van der Waals surface area (Å²) in [5, 5.41) is 3.60. The minimum Gasteiger partial charge on any atom is -0.492 e. The van der Waals surface area contributed by atoms with Gasteiger partial charge in [-0.15, -0.1) is 11.3 Å². The summed E-state index contributed by atoms with van der Waals surface area (Å²) in [6, 6.07) is 6.10. The molecule has 1 aromatic carbocycles. The minimum atomic E-state index is -0.375. The highest BCUT2D eigenvalue weighted by atomic mass is 79.9. The highest BCUT2D eigenvalue weighted by Crippen LogP contribution is 2.44. The maximum absolute atomic E-state index is 12.7.